The van der Waals surface area contributed by atoms with Gasteiger partial charge in [0.25, 0.3) is 5.91 Å². The molecule has 2 unspecified atom stereocenters. The number of hydrogen-bond donors (Lipinski definition) is 1. The summed E-state index contributed by atoms with van der Waals surface area (Å²) in [5.74, 6) is -0.431. The van der Waals surface area contributed by atoms with E-state index in [1.807, 2.05) is 13.8 Å². The molecule has 25 heavy (non-hydrogen) atoms. The van der Waals surface area contributed by atoms with Crippen molar-refractivity contribution >= 4 is 5.91 Å². The molecular weight excluding hydrogens is 324 g/mol. The van der Waals surface area contributed by atoms with Crippen LogP contribution in [-0.4, -0.2) is 19.1 Å². The Morgan fingerprint density at radius 1 is 1.24 bits per heavy atom. The molecule has 3 rings (SSSR count). The van der Waals surface area contributed by atoms with Gasteiger partial charge in [0.05, 0.1) is 6.61 Å². The van der Waals surface area contributed by atoms with Gasteiger partial charge in [-0.3, -0.25) is 4.79 Å². The monoisotopic (exact) mass is 345 g/mol. The van der Waals surface area contributed by atoms with Gasteiger partial charge in [-0.15, -0.1) is 0 Å². The van der Waals surface area contributed by atoms with E-state index in [1.165, 1.54) is 12.1 Å². The van der Waals surface area contributed by atoms with E-state index < -0.39 is 17.0 Å². The number of ether oxygens (including phenoxy) is 1. The van der Waals surface area contributed by atoms with Gasteiger partial charge in [-0.25, -0.2) is 8.78 Å². The zero-order valence-corrected chi connectivity index (χ0v) is 14.3. The largest absolute Gasteiger partial charge is 0.494 e. The second kappa shape index (κ2) is 6.82. The lowest BCUT2D eigenvalue weighted by molar-refractivity contribution is 0.0948. The smallest absolute Gasteiger partial charge is 0.251 e. The van der Waals surface area contributed by atoms with Crippen molar-refractivity contribution in [3.8, 4) is 5.75 Å². The van der Waals surface area contributed by atoms with Gasteiger partial charge in [-0.1, -0.05) is 13.0 Å². The van der Waals surface area contributed by atoms with Crippen LogP contribution in [0.4, 0.5) is 8.78 Å². The molecule has 132 valence electrons. The topological polar surface area (TPSA) is 38.3 Å². The third-order valence-electron chi connectivity index (χ3n) is 4.91. The average Bonchev–Trinajstić information content (AvgIpc) is 3.24. The standard InChI is InChI=1S/C20H21F2NO2/c1-3-25-16-7-4-14(5-8-16)19(24)23-12-20(11-13(20)2)17-9-6-15(21)10-18(17)22/h4-10,13H,3,11-12H2,1-2H3,(H,23,24). The van der Waals surface area contributed by atoms with Gasteiger partial charge in [0.1, 0.15) is 17.4 Å². The van der Waals surface area contributed by atoms with Crippen molar-refractivity contribution < 1.29 is 18.3 Å². The number of hydrogen-bond acceptors (Lipinski definition) is 2. The summed E-state index contributed by atoms with van der Waals surface area (Å²) >= 11 is 0. The number of nitrogens with one attached hydrogen (secondary N) is 1. The van der Waals surface area contributed by atoms with Crippen molar-refractivity contribution in [3.05, 3.63) is 65.2 Å². The van der Waals surface area contributed by atoms with Gasteiger partial charge in [0.15, 0.2) is 0 Å². The van der Waals surface area contributed by atoms with Crippen LogP contribution in [-0.2, 0) is 5.41 Å². The third kappa shape index (κ3) is 3.50. The molecular formula is C20H21F2NO2. The summed E-state index contributed by atoms with van der Waals surface area (Å²) < 4.78 is 32.7. The van der Waals surface area contributed by atoms with Gasteiger partial charge in [-0.05, 0) is 55.2 Å². The van der Waals surface area contributed by atoms with E-state index in [-0.39, 0.29) is 11.8 Å². The van der Waals surface area contributed by atoms with E-state index in [1.54, 1.807) is 24.3 Å². The fourth-order valence-corrected chi connectivity index (χ4v) is 3.31. The molecule has 2 aromatic rings. The molecule has 1 N–H and O–H groups in total. The number of carbonyl (C=O) groups excluding carboxylic acids is 1. The number of rotatable bonds is 6. The number of carbonyl (C=O) groups is 1. The van der Waals surface area contributed by atoms with Gasteiger partial charge in [0, 0.05) is 23.6 Å². The maximum Gasteiger partial charge on any atom is 0.251 e. The Morgan fingerprint density at radius 3 is 2.48 bits per heavy atom. The van der Waals surface area contributed by atoms with Crippen LogP contribution in [0.5, 0.6) is 5.75 Å². The first kappa shape index (κ1) is 17.4. The number of halogens is 2. The van der Waals surface area contributed by atoms with Gasteiger partial charge >= 0.3 is 0 Å². The van der Waals surface area contributed by atoms with Crippen molar-refractivity contribution in [3.63, 3.8) is 0 Å². The molecule has 3 nitrogen and oxygen atoms in total. The van der Waals surface area contributed by atoms with Crippen LogP contribution in [0.1, 0.15) is 36.2 Å². The van der Waals surface area contributed by atoms with Crippen LogP contribution in [0, 0.1) is 17.6 Å². The normalized spacial score (nSPS) is 21.7. The fourth-order valence-electron chi connectivity index (χ4n) is 3.31. The minimum atomic E-state index is -0.594. The SMILES string of the molecule is CCOc1ccc(C(=O)NCC2(c3ccc(F)cc3F)CC2C)cc1. The Balaban J connectivity index is 1.70. The van der Waals surface area contributed by atoms with Crippen molar-refractivity contribution in [2.45, 2.75) is 25.7 Å². The van der Waals surface area contributed by atoms with E-state index in [9.17, 15) is 13.6 Å². The molecule has 0 saturated heterocycles. The highest BCUT2D eigenvalue weighted by molar-refractivity contribution is 5.94. The Bertz CT molecular complexity index is 776. The molecule has 0 aromatic heterocycles. The van der Waals surface area contributed by atoms with Gasteiger partial charge < -0.3 is 10.1 Å². The molecule has 5 heteroatoms. The zero-order chi connectivity index (χ0) is 18.0. The highest BCUT2D eigenvalue weighted by Gasteiger charge is 2.53. The lowest BCUT2D eigenvalue weighted by Crippen LogP contribution is -2.33. The van der Waals surface area contributed by atoms with E-state index in [2.05, 4.69) is 5.32 Å². The van der Waals surface area contributed by atoms with Crippen molar-refractivity contribution in [2.75, 3.05) is 13.2 Å². The maximum atomic E-state index is 14.2. The Hall–Kier alpha value is -2.43. The molecule has 1 aliphatic carbocycles. The third-order valence-corrected chi connectivity index (χ3v) is 4.91. The molecule has 0 radical (unpaired) electrons. The average molecular weight is 345 g/mol. The maximum absolute atomic E-state index is 14.2. The summed E-state index contributed by atoms with van der Waals surface area (Å²) in [7, 11) is 0. The molecule has 0 bridgehead atoms. The first-order valence-corrected chi connectivity index (χ1v) is 8.43. The number of benzene rings is 2. The molecule has 2 aromatic carbocycles. The first-order chi connectivity index (χ1) is 12.0. The summed E-state index contributed by atoms with van der Waals surface area (Å²) in [6.07, 6.45) is 0.763. The first-order valence-electron chi connectivity index (χ1n) is 8.43. The van der Waals surface area contributed by atoms with Crippen LogP contribution in [0.25, 0.3) is 0 Å². The number of amides is 1. The lowest BCUT2D eigenvalue weighted by Gasteiger charge is -2.19. The molecule has 0 aliphatic heterocycles. The van der Waals surface area contributed by atoms with Crippen LogP contribution >= 0.6 is 0 Å². The lowest BCUT2D eigenvalue weighted by atomic mass is 9.92. The second-order valence-electron chi connectivity index (χ2n) is 6.53. The second-order valence-corrected chi connectivity index (χ2v) is 6.53. The zero-order valence-electron chi connectivity index (χ0n) is 14.3. The Kier molecular flexibility index (Phi) is 4.75. The van der Waals surface area contributed by atoms with Crippen molar-refractivity contribution in [1.82, 2.24) is 5.32 Å². The van der Waals surface area contributed by atoms with Crippen molar-refractivity contribution in [1.29, 1.82) is 0 Å². The molecule has 1 amide bonds. The van der Waals surface area contributed by atoms with Gasteiger partial charge in [-0.2, -0.15) is 0 Å². The highest BCUT2D eigenvalue weighted by Crippen LogP contribution is 2.54. The predicted octanol–water partition coefficient (Wildman–Crippen LogP) is 4.07. The molecule has 1 fully saturated rings. The molecule has 1 aliphatic rings. The van der Waals surface area contributed by atoms with Crippen LogP contribution in [0.15, 0.2) is 42.5 Å². The summed E-state index contributed by atoms with van der Waals surface area (Å²) in [5, 5.41) is 2.88. The summed E-state index contributed by atoms with van der Waals surface area (Å²) in [6, 6.07) is 10.5. The van der Waals surface area contributed by atoms with Crippen LogP contribution in [0.2, 0.25) is 0 Å². The Morgan fingerprint density at radius 2 is 1.92 bits per heavy atom. The summed E-state index contributed by atoms with van der Waals surface area (Å²) in [6.45, 7) is 4.79. The van der Waals surface area contributed by atoms with E-state index in [0.29, 0.717) is 30.0 Å². The minimum absolute atomic E-state index is 0.218. The van der Waals surface area contributed by atoms with E-state index in [0.717, 1.165) is 12.5 Å². The molecule has 0 spiro atoms. The molecule has 1 saturated carbocycles. The minimum Gasteiger partial charge on any atom is -0.494 e. The van der Waals surface area contributed by atoms with Crippen molar-refractivity contribution in [2.24, 2.45) is 5.92 Å². The summed E-state index contributed by atoms with van der Waals surface area (Å²) in [5.41, 5.74) is 0.526. The van der Waals surface area contributed by atoms with Gasteiger partial charge in [0.2, 0.25) is 0 Å². The Labute approximate surface area is 146 Å². The van der Waals surface area contributed by atoms with E-state index >= 15 is 0 Å². The highest BCUT2D eigenvalue weighted by atomic mass is 19.1. The predicted molar refractivity (Wildman–Crippen MR) is 91.8 cm³/mol. The van der Waals surface area contributed by atoms with Crippen LogP contribution < -0.4 is 10.1 Å². The quantitative estimate of drug-likeness (QED) is 0.857. The molecule has 2 atom stereocenters. The van der Waals surface area contributed by atoms with Crippen LogP contribution in [0.3, 0.4) is 0 Å². The summed E-state index contributed by atoms with van der Waals surface area (Å²) in [4.78, 5) is 12.4. The molecule has 0 heterocycles. The van der Waals surface area contributed by atoms with E-state index in [4.69, 9.17) is 4.74 Å². The fraction of sp³-hybridized carbons (Fsp3) is 0.350.